The van der Waals surface area contributed by atoms with Crippen LogP contribution in [0.15, 0.2) is 66.2 Å². The summed E-state index contributed by atoms with van der Waals surface area (Å²) in [5, 5.41) is 11.1. The third-order valence-corrected chi connectivity index (χ3v) is 4.55. The summed E-state index contributed by atoms with van der Waals surface area (Å²) in [6.07, 6.45) is 4.12. The van der Waals surface area contributed by atoms with Crippen molar-refractivity contribution in [3.8, 4) is 11.4 Å². The van der Waals surface area contributed by atoms with E-state index in [1.807, 2.05) is 30.3 Å². The lowest BCUT2D eigenvalue weighted by molar-refractivity contribution is 0.261. The zero-order valence-electron chi connectivity index (χ0n) is 15.2. The number of aromatic nitrogens is 3. The van der Waals surface area contributed by atoms with E-state index in [4.69, 9.17) is 4.74 Å². The van der Waals surface area contributed by atoms with Crippen LogP contribution in [0.2, 0.25) is 0 Å². The van der Waals surface area contributed by atoms with Gasteiger partial charge in [0.25, 0.3) is 0 Å². The number of guanidine groups is 1. The van der Waals surface area contributed by atoms with Gasteiger partial charge < -0.3 is 15.4 Å². The van der Waals surface area contributed by atoms with Crippen molar-refractivity contribution in [3.05, 3.63) is 72.3 Å². The number of hydrogen-bond donors (Lipinski definition) is 2. The molecule has 27 heavy (non-hydrogen) atoms. The predicted octanol–water partition coefficient (Wildman–Crippen LogP) is 2.46. The van der Waals surface area contributed by atoms with Gasteiger partial charge in [-0.05, 0) is 23.8 Å². The van der Waals surface area contributed by atoms with Crippen LogP contribution >= 0.6 is 0 Å². The fraction of sp³-hybridized carbons (Fsp3) is 0.250. The minimum atomic E-state index is 0.183. The summed E-state index contributed by atoms with van der Waals surface area (Å²) in [5.41, 5.74) is 3.28. The quantitative estimate of drug-likeness (QED) is 0.551. The van der Waals surface area contributed by atoms with Gasteiger partial charge in [0.05, 0.1) is 18.3 Å². The normalized spacial score (nSPS) is 16.3. The van der Waals surface area contributed by atoms with Gasteiger partial charge >= 0.3 is 0 Å². The van der Waals surface area contributed by atoms with Crippen molar-refractivity contribution in [2.75, 3.05) is 13.7 Å². The molecular formula is C20H22N6O. The molecule has 0 aliphatic carbocycles. The van der Waals surface area contributed by atoms with E-state index in [1.54, 1.807) is 18.1 Å². The summed E-state index contributed by atoms with van der Waals surface area (Å²) < 4.78 is 7.48. The Hall–Kier alpha value is -3.35. The Morgan fingerprint density at radius 1 is 1.26 bits per heavy atom. The topological polar surface area (TPSA) is 76.4 Å². The maximum atomic E-state index is 5.73. The molecule has 3 aromatic rings. The molecule has 2 N–H and O–H groups in total. The Kier molecular flexibility index (Phi) is 5.00. The molecule has 1 atom stereocenters. The van der Waals surface area contributed by atoms with Crippen molar-refractivity contribution in [1.82, 2.24) is 25.4 Å². The van der Waals surface area contributed by atoms with Crippen LogP contribution in [0.1, 0.15) is 23.6 Å². The molecule has 1 aromatic heterocycles. The zero-order chi connectivity index (χ0) is 18.5. The summed E-state index contributed by atoms with van der Waals surface area (Å²) in [4.78, 5) is 8.36. The zero-order valence-corrected chi connectivity index (χ0v) is 15.2. The smallest absolute Gasteiger partial charge is 0.191 e. The van der Waals surface area contributed by atoms with E-state index >= 15 is 0 Å². The molecule has 7 heteroatoms. The summed E-state index contributed by atoms with van der Waals surface area (Å²) in [5.74, 6) is 1.71. The van der Waals surface area contributed by atoms with Gasteiger partial charge in [-0.25, -0.2) is 9.67 Å². The summed E-state index contributed by atoms with van der Waals surface area (Å²) >= 11 is 0. The number of nitrogens with zero attached hydrogens (tertiary/aromatic N) is 4. The van der Waals surface area contributed by atoms with Gasteiger partial charge in [-0.1, -0.05) is 30.3 Å². The average molecular weight is 362 g/mol. The van der Waals surface area contributed by atoms with E-state index in [-0.39, 0.29) is 6.04 Å². The highest BCUT2D eigenvalue weighted by molar-refractivity contribution is 5.80. The van der Waals surface area contributed by atoms with Crippen LogP contribution in [0.25, 0.3) is 5.69 Å². The fourth-order valence-electron chi connectivity index (χ4n) is 3.19. The van der Waals surface area contributed by atoms with Gasteiger partial charge in [-0.3, -0.25) is 4.99 Å². The first kappa shape index (κ1) is 17.1. The van der Waals surface area contributed by atoms with Crippen molar-refractivity contribution in [3.63, 3.8) is 0 Å². The first-order valence-corrected chi connectivity index (χ1v) is 8.96. The number of rotatable bonds is 4. The van der Waals surface area contributed by atoms with Crippen molar-refractivity contribution < 1.29 is 4.74 Å². The Morgan fingerprint density at radius 2 is 2.19 bits per heavy atom. The van der Waals surface area contributed by atoms with Crippen molar-refractivity contribution in [2.45, 2.75) is 19.0 Å². The number of nitrogens with one attached hydrogen (secondary N) is 2. The van der Waals surface area contributed by atoms with E-state index in [9.17, 15) is 0 Å². The Morgan fingerprint density at radius 3 is 3.04 bits per heavy atom. The van der Waals surface area contributed by atoms with Crippen LogP contribution in [0.4, 0.5) is 0 Å². The molecule has 2 heterocycles. The lowest BCUT2D eigenvalue weighted by Crippen LogP contribution is -2.40. The van der Waals surface area contributed by atoms with Crippen molar-refractivity contribution in [2.24, 2.45) is 4.99 Å². The van der Waals surface area contributed by atoms with Crippen LogP contribution in [0, 0.1) is 0 Å². The molecule has 2 aromatic carbocycles. The van der Waals surface area contributed by atoms with E-state index in [1.165, 1.54) is 11.9 Å². The molecule has 0 saturated heterocycles. The largest absolute Gasteiger partial charge is 0.493 e. The lowest BCUT2D eigenvalue weighted by atomic mass is 10.0. The molecule has 1 aliphatic rings. The molecule has 138 valence electrons. The first-order chi connectivity index (χ1) is 13.3. The number of fused-ring (bicyclic) bond motifs is 1. The number of para-hydroxylation sites is 1. The molecule has 0 amide bonds. The molecule has 0 spiro atoms. The second kappa shape index (κ2) is 7.90. The molecular weight excluding hydrogens is 340 g/mol. The van der Waals surface area contributed by atoms with E-state index in [2.05, 4.69) is 43.9 Å². The highest BCUT2D eigenvalue weighted by Crippen LogP contribution is 2.31. The van der Waals surface area contributed by atoms with Gasteiger partial charge in [0.1, 0.15) is 18.4 Å². The summed E-state index contributed by atoms with van der Waals surface area (Å²) in [6, 6.07) is 16.5. The summed E-state index contributed by atoms with van der Waals surface area (Å²) in [6.45, 7) is 1.36. The predicted molar refractivity (Wildman–Crippen MR) is 104 cm³/mol. The monoisotopic (exact) mass is 362 g/mol. The maximum absolute atomic E-state index is 5.73. The molecule has 0 bridgehead atoms. The first-order valence-electron chi connectivity index (χ1n) is 8.96. The molecule has 1 aliphatic heterocycles. The van der Waals surface area contributed by atoms with Crippen LogP contribution in [0.3, 0.4) is 0 Å². The molecule has 7 nitrogen and oxygen atoms in total. The lowest BCUT2D eigenvalue weighted by Gasteiger charge is -2.28. The second-order valence-corrected chi connectivity index (χ2v) is 6.31. The Balaban J connectivity index is 1.42. The number of aliphatic imine (C=N–C) groups is 1. The molecule has 1 unspecified atom stereocenters. The van der Waals surface area contributed by atoms with Gasteiger partial charge in [-0.15, -0.1) is 0 Å². The Labute approximate surface area is 158 Å². The van der Waals surface area contributed by atoms with Crippen molar-refractivity contribution >= 4 is 5.96 Å². The van der Waals surface area contributed by atoms with Crippen LogP contribution < -0.4 is 15.4 Å². The number of ether oxygens (including phenoxy) is 1. The number of hydrogen-bond acceptors (Lipinski definition) is 4. The summed E-state index contributed by atoms with van der Waals surface area (Å²) in [7, 11) is 1.78. The third kappa shape index (κ3) is 3.92. The molecule has 0 fully saturated rings. The molecule has 0 saturated carbocycles. The van der Waals surface area contributed by atoms with Gasteiger partial charge in [-0.2, -0.15) is 5.10 Å². The second-order valence-electron chi connectivity index (χ2n) is 6.31. The fourth-order valence-corrected chi connectivity index (χ4v) is 3.19. The van der Waals surface area contributed by atoms with Crippen molar-refractivity contribution in [1.29, 1.82) is 0 Å². The minimum Gasteiger partial charge on any atom is -0.493 e. The maximum Gasteiger partial charge on any atom is 0.191 e. The highest BCUT2D eigenvalue weighted by Gasteiger charge is 2.21. The van der Waals surface area contributed by atoms with E-state index in [0.29, 0.717) is 13.2 Å². The van der Waals surface area contributed by atoms with E-state index in [0.717, 1.165) is 29.4 Å². The van der Waals surface area contributed by atoms with Crippen LogP contribution in [-0.4, -0.2) is 34.4 Å². The van der Waals surface area contributed by atoms with Crippen LogP contribution in [-0.2, 0) is 6.54 Å². The minimum absolute atomic E-state index is 0.183. The average Bonchev–Trinajstić information content (AvgIpc) is 3.26. The Bertz CT molecular complexity index is 922. The highest BCUT2D eigenvalue weighted by atomic mass is 16.5. The molecule has 4 rings (SSSR count). The third-order valence-electron chi connectivity index (χ3n) is 4.55. The SMILES string of the molecule is CN=C(NCc1cccc(-n2cncn2)c1)NC1CCOc2ccccc21. The standard InChI is InChI=1S/C20H22N6O/c1-21-20(25-18-9-10-27-19-8-3-2-7-17(18)19)23-12-15-5-4-6-16(11-15)26-14-22-13-24-26/h2-8,11,13-14,18H,9-10,12H2,1H3,(H2,21,23,25). The van der Waals surface area contributed by atoms with E-state index < -0.39 is 0 Å². The van der Waals surface area contributed by atoms with Gasteiger partial charge in [0, 0.05) is 25.6 Å². The van der Waals surface area contributed by atoms with Gasteiger partial charge in [0.2, 0.25) is 0 Å². The van der Waals surface area contributed by atoms with Crippen LogP contribution in [0.5, 0.6) is 5.75 Å². The van der Waals surface area contributed by atoms with Gasteiger partial charge in [0.15, 0.2) is 5.96 Å². The molecule has 0 radical (unpaired) electrons. The number of benzene rings is 2.